The van der Waals surface area contributed by atoms with Crippen molar-refractivity contribution in [2.24, 2.45) is 5.41 Å². The molecule has 0 atom stereocenters. The van der Waals surface area contributed by atoms with Gasteiger partial charge in [-0.15, -0.1) is 0 Å². The second-order valence-corrected chi connectivity index (χ2v) is 7.72. The smallest absolute Gasteiger partial charge is 0.226 e. The number of nitrogens with one attached hydrogen (secondary N) is 1. The van der Waals surface area contributed by atoms with E-state index in [-0.39, 0.29) is 11.3 Å². The summed E-state index contributed by atoms with van der Waals surface area (Å²) >= 11 is 0. The summed E-state index contributed by atoms with van der Waals surface area (Å²) in [7, 11) is 1.70. The second-order valence-electron chi connectivity index (χ2n) is 7.72. The average Bonchev–Trinajstić information content (AvgIpc) is 3.53. The highest BCUT2D eigenvalue weighted by atomic mass is 16.5. The Morgan fingerprint density at radius 2 is 1.93 bits per heavy atom. The molecule has 0 spiro atoms. The molecule has 1 saturated carbocycles. The lowest BCUT2D eigenvalue weighted by molar-refractivity contribution is -0.136. The number of carbonyl (C=O) groups excluding carboxylic acids is 1. The van der Waals surface area contributed by atoms with Crippen LogP contribution in [0.2, 0.25) is 0 Å². The summed E-state index contributed by atoms with van der Waals surface area (Å²) in [4.78, 5) is 13.0. The first-order chi connectivity index (χ1) is 13.2. The van der Waals surface area contributed by atoms with Gasteiger partial charge in [0, 0.05) is 24.8 Å². The van der Waals surface area contributed by atoms with E-state index in [4.69, 9.17) is 9.47 Å². The zero-order valence-electron chi connectivity index (χ0n) is 15.9. The highest BCUT2D eigenvalue weighted by Crippen LogP contribution is 2.37. The highest BCUT2D eigenvalue weighted by molar-refractivity contribution is 5.83. The molecule has 2 aromatic rings. The molecule has 0 bridgehead atoms. The Bertz CT molecular complexity index is 807. The van der Waals surface area contributed by atoms with Crippen molar-refractivity contribution in [2.75, 3.05) is 20.3 Å². The summed E-state index contributed by atoms with van der Waals surface area (Å²) in [5, 5.41) is 3.23. The molecule has 1 aliphatic carbocycles. The fraction of sp³-hybridized carbons (Fsp3) is 0.435. The molecule has 4 heteroatoms. The molecule has 0 aromatic heterocycles. The molecular weight excluding hydrogens is 338 g/mol. The molecule has 0 radical (unpaired) electrons. The zero-order chi connectivity index (χ0) is 18.7. The van der Waals surface area contributed by atoms with E-state index in [1.54, 1.807) is 7.11 Å². The zero-order valence-corrected chi connectivity index (χ0v) is 15.9. The fourth-order valence-corrected chi connectivity index (χ4v) is 3.94. The van der Waals surface area contributed by atoms with Gasteiger partial charge in [0.1, 0.15) is 5.75 Å². The van der Waals surface area contributed by atoms with Crippen molar-refractivity contribution >= 4 is 5.91 Å². The van der Waals surface area contributed by atoms with E-state index in [0.29, 0.717) is 19.3 Å². The Morgan fingerprint density at radius 1 is 1.15 bits per heavy atom. The number of carbonyl (C=O) groups is 1. The largest absolute Gasteiger partial charge is 0.496 e. The Balaban J connectivity index is 1.61. The minimum Gasteiger partial charge on any atom is -0.496 e. The van der Waals surface area contributed by atoms with E-state index in [1.807, 2.05) is 18.2 Å². The van der Waals surface area contributed by atoms with Gasteiger partial charge in [0.25, 0.3) is 0 Å². The monoisotopic (exact) mass is 365 g/mol. The number of ether oxygens (including phenoxy) is 2. The van der Waals surface area contributed by atoms with E-state index in [2.05, 4.69) is 35.6 Å². The summed E-state index contributed by atoms with van der Waals surface area (Å²) in [6.07, 6.45) is 4.54. The normalized spacial score (nSPS) is 18.7. The van der Waals surface area contributed by atoms with Gasteiger partial charge in [-0.2, -0.15) is 0 Å². The summed E-state index contributed by atoms with van der Waals surface area (Å²) in [6, 6.07) is 16.9. The van der Waals surface area contributed by atoms with Gasteiger partial charge in [0.2, 0.25) is 5.91 Å². The molecular formula is C23H27NO3. The maximum atomic E-state index is 13.0. The third-order valence-corrected chi connectivity index (χ3v) is 5.73. The number of rotatable bonds is 6. The van der Waals surface area contributed by atoms with Crippen molar-refractivity contribution in [3.8, 4) is 16.9 Å². The molecule has 1 heterocycles. The number of benzene rings is 2. The van der Waals surface area contributed by atoms with E-state index < -0.39 is 0 Å². The summed E-state index contributed by atoms with van der Waals surface area (Å²) in [5.74, 6) is 1.07. The van der Waals surface area contributed by atoms with E-state index >= 15 is 0 Å². The molecule has 1 saturated heterocycles. The Hall–Kier alpha value is -2.33. The topological polar surface area (TPSA) is 47.6 Å². The number of amides is 1. The average molecular weight is 365 g/mol. The number of hydrogen-bond acceptors (Lipinski definition) is 3. The van der Waals surface area contributed by atoms with Crippen molar-refractivity contribution in [2.45, 2.75) is 38.1 Å². The first-order valence-corrected chi connectivity index (χ1v) is 9.81. The van der Waals surface area contributed by atoms with Crippen LogP contribution in [-0.2, 0) is 16.0 Å². The van der Waals surface area contributed by atoms with Crippen LogP contribution in [0.15, 0.2) is 48.5 Å². The highest BCUT2D eigenvalue weighted by Gasteiger charge is 2.42. The van der Waals surface area contributed by atoms with Gasteiger partial charge in [-0.25, -0.2) is 0 Å². The summed E-state index contributed by atoms with van der Waals surface area (Å²) in [5.41, 5.74) is 3.02. The maximum absolute atomic E-state index is 13.0. The van der Waals surface area contributed by atoms with Crippen LogP contribution in [0, 0.1) is 5.41 Å². The Morgan fingerprint density at radius 3 is 2.67 bits per heavy atom. The van der Waals surface area contributed by atoms with Gasteiger partial charge < -0.3 is 14.8 Å². The molecule has 1 aliphatic heterocycles. The lowest BCUT2D eigenvalue weighted by Gasteiger charge is -2.36. The van der Waals surface area contributed by atoms with Crippen LogP contribution in [0.3, 0.4) is 0 Å². The lowest BCUT2D eigenvalue weighted by Crippen LogP contribution is -2.46. The third-order valence-electron chi connectivity index (χ3n) is 5.73. The predicted molar refractivity (Wildman–Crippen MR) is 106 cm³/mol. The van der Waals surface area contributed by atoms with Gasteiger partial charge in [-0.05, 0) is 49.3 Å². The Labute approximate surface area is 160 Å². The molecule has 2 aromatic carbocycles. The van der Waals surface area contributed by atoms with Crippen molar-refractivity contribution in [3.63, 3.8) is 0 Å². The van der Waals surface area contributed by atoms with Crippen LogP contribution in [0.4, 0.5) is 0 Å². The summed E-state index contributed by atoms with van der Waals surface area (Å²) < 4.78 is 11.1. The molecule has 142 valence electrons. The lowest BCUT2D eigenvalue weighted by atomic mass is 9.74. The minimum absolute atomic E-state index is 0.205. The van der Waals surface area contributed by atoms with Crippen LogP contribution in [0.25, 0.3) is 11.1 Å². The van der Waals surface area contributed by atoms with Crippen molar-refractivity contribution in [1.82, 2.24) is 5.32 Å². The molecule has 2 aliphatic rings. The number of hydrogen-bond donors (Lipinski definition) is 1. The van der Waals surface area contributed by atoms with Gasteiger partial charge in [-0.3, -0.25) is 4.79 Å². The SMILES string of the molecule is COc1ccccc1-c1cccc(CC2(C(=O)NC3CC3)CCOCC2)c1. The van der Waals surface area contributed by atoms with Crippen LogP contribution in [0.1, 0.15) is 31.2 Å². The minimum atomic E-state index is -0.361. The maximum Gasteiger partial charge on any atom is 0.226 e. The molecule has 4 nitrogen and oxygen atoms in total. The van der Waals surface area contributed by atoms with Crippen LogP contribution < -0.4 is 10.1 Å². The Kier molecular flexibility index (Phi) is 5.17. The predicted octanol–water partition coefficient (Wildman–Crippen LogP) is 3.98. The number of para-hydroxylation sites is 1. The molecule has 1 amide bonds. The standard InChI is InChI=1S/C23H27NO3/c1-26-21-8-3-2-7-20(21)18-6-4-5-17(15-18)16-23(11-13-27-14-12-23)22(25)24-19-9-10-19/h2-8,15,19H,9-14,16H2,1H3,(H,24,25). The first kappa shape index (κ1) is 18.1. The quantitative estimate of drug-likeness (QED) is 0.842. The van der Waals surface area contributed by atoms with Crippen LogP contribution in [-0.4, -0.2) is 32.3 Å². The molecule has 0 unspecified atom stereocenters. The molecule has 2 fully saturated rings. The van der Waals surface area contributed by atoms with Gasteiger partial charge in [0.05, 0.1) is 12.5 Å². The molecule has 1 N–H and O–H groups in total. The van der Waals surface area contributed by atoms with Gasteiger partial charge in [0.15, 0.2) is 0 Å². The van der Waals surface area contributed by atoms with Crippen molar-refractivity contribution < 1.29 is 14.3 Å². The number of methoxy groups -OCH3 is 1. The van der Waals surface area contributed by atoms with Crippen molar-refractivity contribution in [3.05, 3.63) is 54.1 Å². The van der Waals surface area contributed by atoms with Crippen LogP contribution >= 0.6 is 0 Å². The van der Waals surface area contributed by atoms with Gasteiger partial charge in [-0.1, -0.05) is 42.5 Å². The first-order valence-electron chi connectivity index (χ1n) is 9.81. The summed E-state index contributed by atoms with van der Waals surface area (Å²) in [6.45, 7) is 1.31. The molecule has 27 heavy (non-hydrogen) atoms. The van der Waals surface area contributed by atoms with E-state index in [1.165, 1.54) is 5.56 Å². The van der Waals surface area contributed by atoms with E-state index in [0.717, 1.165) is 49.0 Å². The van der Waals surface area contributed by atoms with Crippen LogP contribution in [0.5, 0.6) is 5.75 Å². The van der Waals surface area contributed by atoms with E-state index in [9.17, 15) is 4.79 Å². The second kappa shape index (κ2) is 7.73. The van der Waals surface area contributed by atoms with Crippen molar-refractivity contribution in [1.29, 1.82) is 0 Å². The van der Waals surface area contributed by atoms with Gasteiger partial charge >= 0.3 is 0 Å². The third kappa shape index (κ3) is 4.01. The molecule has 4 rings (SSSR count). The fourth-order valence-electron chi connectivity index (χ4n) is 3.94.